The second kappa shape index (κ2) is 5.72. The molecular formula is C23H16ClN. The molecule has 0 atom stereocenters. The van der Waals surface area contributed by atoms with Crippen molar-refractivity contribution in [1.29, 1.82) is 0 Å². The summed E-state index contributed by atoms with van der Waals surface area (Å²) in [6.45, 7) is 0. The number of hydrogen-bond donors (Lipinski definition) is 0. The zero-order valence-corrected chi connectivity index (χ0v) is 14.4. The predicted octanol–water partition coefficient (Wildman–Crippen LogP) is 6.32. The summed E-state index contributed by atoms with van der Waals surface area (Å²) in [6, 6.07) is 25.2. The van der Waals surface area contributed by atoms with E-state index < -0.39 is 0 Å². The fourth-order valence-corrected chi connectivity index (χ4v) is 4.02. The maximum Gasteiger partial charge on any atom is 0.0750 e. The van der Waals surface area contributed by atoms with Gasteiger partial charge in [-0.2, -0.15) is 0 Å². The predicted molar refractivity (Wildman–Crippen MR) is 105 cm³/mol. The molecule has 2 heteroatoms. The number of benzene rings is 3. The Labute approximate surface area is 151 Å². The first-order chi connectivity index (χ1) is 12.3. The molecule has 0 saturated carbocycles. The minimum Gasteiger partial charge on any atom is -0.247 e. The van der Waals surface area contributed by atoms with Crippen LogP contribution in [0.3, 0.4) is 0 Å². The van der Waals surface area contributed by atoms with E-state index in [0.29, 0.717) is 0 Å². The molecule has 0 bridgehead atoms. The van der Waals surface area contributed by atoms with Crippen molar-refractivity contribution >= 4 is 22.5 Å². The molecule has 1 nitrogen and oxygen atoms in total. The highest BCUT2D eigenvalue weighted by atomic mass is 35.5. The number of pyridine rings is 1. The number of aryl methyl sites for hydroxylation is 1. The summed E-state index contributed by atoms with van der Waals surface area (Å²) >= 11 is 6.12. The molecule has 3 aromatic carbocycles. The van der Waals surface area contributed by atoms with Crippen LogP contribution in [0, 0.1) is 0 Å². The van der Waals surface area contributed by atoms with Crippen LogP contribution < -0.4 is 0 Å². The van der Waals surface area contributed by atoms with Crippen LogP contribution in [0.25, 0.3) is 33.3 Å². The summed E-state index contributed by atoms with van der Waals surface area (Å²) in [5, 5.41) is 1.98. The molecule has 0 spiro atoms. The molecule has 0 radical (unpaired) electrons. The number of para-hydroxylation sites is 1. The molecule has 1 heterocycles. The van der Waals surface area contributed by atoms with E-state index in [1.165, 1.54) is 33.2 Å². The summed E-state index contributed by atoms with van der Waals surface area (Å²) in [6.07, 6.45) is 2.08. The van der Waals surface area contributed by atoms with Crippen LogP contribution in [0.5, 0.6) is 0 Å². The molecule has 0 amide bonds. The maximum absolute atomic E-state index is 6.12. The smallest absolute Gasteiger partial charge is 0.0750 e. The molecule has 120 valence electrons. The van der Waals surface area contributed by atoms with Gasteiger partial charge >= 0.3 is 0 Å². The van der Waals surface area contributed by atoms with E-state index in [9.17, 15) is 0 Å². The molecule has 4 aromatic rings. The number of aromatic nitrogens is 1. The lowest BCUT2D eigenvalue weighted by atomic mass is 9.83. The Hall–Kier alpha value is -2.64. The third kappa shape index (κ3) is 2.35. The summed E-state index contributed by atoms with van der Waals surface area (Å²) in [4.78, 5) is 5.03. The SMILES string of the molecule is Clc1ccc(-c2c3c(nc4ccccc24)-c2ccccc2CC3)cc1. The Bertz CT molecular complexity index is 1100. The monoisotopic (exact) mass is 341 g/mol. The Kier molecular flexibility index (Phi) is 3.36. The van der Waals surface area contributed by atoms with E-state index in [1.54, 1.807) is 0 Å². The standard InChI is InChI=1S/C23H16ClN/c24-17-12-9-16(10-13-17)22-19-7-3-4-8-21(19)25-23-18-6-2-1-5-15(18)11-14-20(22)23/h1-10,12-13H,11,14H2. The van der Waals surface area contributed by atoms with E-state index >= 15 is 0 Å². The molecule has 0 aliphatic heterocycles. The van der Waals surface area contributed by atoms with Gasteiger partial charge in [0.2, 0.25) is 0 Å². The fourth-order valence-electron chi connectivity index (χ4n) is 3.89. The second-order valence-electron chi connectivity index (χ2n) is 6.50. The van der Waals surface area contributed by atoms with E-state index in [0.717, 1.165) is 29.1 Å². The van der Waals surface area contributed by atoms with Gasteiger partial charge in [0.25, 0.3) is 0 Å². The van der Waals surface area contributed by atoms with Crippen LogP contribution in [-0.2, 0) is 12.8 Å². The van der Waals surface area contributed by atoms with E-state index in [-0.39, 0.29) is 0 Å². The van der Waals surface area contributed by atoms with Crippen LogP contribution >= 0.6 is 11.6 Å². The second-order valence-corrected chi connectivity index (χ2v) is 6.93. The first kappa shape index (κ1) is 14.7. The highest BCUT2D eigenvalue weighted by molar-refractivity contribution is 6.30. The largest absolute Gasteiger partial charge is 0.247 e. The van der Waals surface area contributed by atoms with Gasteiger partial charge in [-0.05, 0) is 53.3 Å². The van der Waals surface area contributed by atoms with Crippen LogP contribution in [0.2, 0.25) is 5.02 Å². The van der Waals surface area contributed by atoms with Gasteiger partial charge < -0.3 is 0 Å². The Morgan fingerprint density at radius 2 is 1.52 bits per heavy atom. The number of halogens is 1. The van der Waals surface area contributed by atoms with Crippen LogP contribution in [0.4, 0.5) is 0 Å². The average molecular weight is 342 g/mol. The van der Waals surface area contributed by atoms with Crippen LogP contribution in [-0.4, -0.2) is 4.98 Å². The van der Waals surface area contributed by atoms with Crippen LogP contribution in [0.1, 0.15) is 11.1 Å². The highest BCUT2D eigenvalue weighted by Gasteiger charge is 2.22. The van der Waals surface area contributed by atoms with Crippen molar-refractivity contribution in [3.8, 4) is 22.4 Å². The lowest BCUT2D eigenvalue weighted by Crippen LogP contribution is -2.08. The Balaban J connectivity index is 1.89. The first-order valence-electron chi connectivity index (χ1n) is 8.57. The zero-order chi connectivity index (χ0) is 16.8. The van der Waals surface area contributed by atoms with Gasteiger partial charge in [0.05, 0.1) is 11.2 Å². The summed E-state index contributed by atoms with van der Waals surface area (Å²) < 4.78 is 0. The first-order valence-corrected chi connectivity index (χ1v) is 8.95. The molecule has 5 rings (SSSR count). The fraction of sp³-hybridized carbons (Fsp3) is 0.0870. The molecule has 1 aliphatic carbocycles. The van der Waals surface area contributed by atoms with Crippen molar-refractivity contribution in [2.45, 2.75) is 12.8 Å². The molecule has 0 fully saturated rings. The van der Waals surface area contributed by atoms with Crippen molar-refractivity contribution < 1.29 is 0 Å². The van der Waals surface area contributed by atoms with Gasteiger partial charge in [-0.15, -0.1) is 0 Å². The highest BCUT2D eigenvalue weighted by Crippen LogP contribution is 2.41. The van der Waals surface area contributed by atoms with Gasteiger partial charge in [0, 0.05) is 16.0 Å². The normalized spacial score (nSPS) is 12.7. The van der Waals surface area contributed by atoms with Gasteiger partial charge in [0.1, 0.15) is 0 Å². The molecule has 1 aromatic heterocycles. The van der Waals surface area contributed by atoms with Gasteiger partial charge in [-0.1, -0.05) is 66.2 Å². The average Bonchev–Trinajstić information content (AvgIpc) is 2.67. The summed E-state index contributed by atoms with van der Waals surface area (Å²) in [5.74, 6) is 0. The Morgan fingerprint density at radius 3 is 2.40 bits per heavy atom. The molecule has 0 saturated heterocycles. The molecule has 25 heavy (non-hydrogen) atoms. The summed E-state index contributed by atoms with van der Waals surface area (Å²) in [5.41, 5.74) is 8.68. The van der Waals surface area contributed by atoms with Gasteiger partial charge in [-0.3, -0.25) is 0 Å². The van der Waals surface area contributed by atoms with Crippen molar-refractivity contribution in [3.05, 3.63) is 88.9 Å². The van der Waals surface area contributed by atoms with E-state index in [4.69, 9.17) is 16.6 Å². The molecule has 0 unspecified atom stereocenters. The maximum atomic E-state index is 6.12. The quantitative estimate of drug-likeness (QED) is 0.394. The topological polar surface area (TPSA) is 12.9 Å². The minimum atomic E-state index is 0.765. The van der Waals surface area contributed by atoms with E-state index in [2.05, 4.69) is 60.7 Å². The lowest BCUT2D eigenvalue weighted by molar-refractivity contribution is 0.935. The van der Waals surface area contributed by atoms with Crippen LogP contribution in [0.15, 0.2) is 72.8 Å². The molecular weight excluding hydrogens is 326 g/mol. The van der Waals surface area contributed by atoms with Crippen molar-refractivity contribution in [2.24, 2.45) is 0 Å². The summed E-state index contributed by atoms with van der Waals surface area (Å²) in [7, 11) is 0. The van der Waals surface area contributed by atoms with Crippen molar-refractivity contribution in [1.82, 2.24) is 4.98 Å². The number of rotatable bonds is 1. The van der Waals surface area contributed by atoms with Crippen molar-refractivity contribution in [2.75, 3.05) is 0 Å². The Morgan fingerprint density at radius 1 is 0.760 bits per heavy atom. The number of hydrogen-bond acceptors (Lipinski definition) is 1. The minimum absolute atomic E-state index is 0.765. The zero-order valence-electron chi connectivity index (χ0n) is 13.7. The molecule has 0 N–H and O–H groups in total. The van der Waals surface area contributed by atoms with Gasteiger partial charge in [-0.25, -0.2) is 4.98 Å². The lowest BCUT2D eigenvalue weighted by Gasteiger charge is -2.23. The van der Waals surface area contributed by atoms with Crippen molar-refractivity contribution in [3.63, 3.8) is 0 Å². The van der Waals surface area contributed by atoms with E-state index in [1.807, 2.05) is 12.1 Å². The third-order valence-corrected chi connectivity index (χ3v) is 5.29. The number of fused-ring (bicyclic) bond motifs is 4. The van der Waals surface area contributed by atoms with Gasteiger partial charge in [0.15, 0.2) is 0 Å². The number of nitrogens with zero attached hydrogens (tertiary/aromatic N) is 1. The third-order valence-electron chi connectivity index (χ3n) is 5.04. The molecule has 1 aliphatic rings.